The molecule has 2 aromatic carbocycles. The van der Waals surface area contributed by atoms with Crippen LogP contribution < -0.4 is 14.8 Å². The average Bonchev–Trinajstić information content (AvgIpc) is 2.67. The fraction of sp³-hybridized carbons (Fsp3) is 0.381. The van der Waals surface area contributed by atoms with Crippen molar-refractivity contribution in [2.75, 3.05) is 33.1 Å². The van der Waals surface area contributed by atoms with Gasteiger partial charge in [0.1, 0.15) is 5.82 Å². The molecule has 1 atom stereocenters. The molecule has 5 nitrogen and oxygen atoms in total. The molecule has 27 heavy (non-hydrogen) atoms. The predicted molar refractivity (Wildman–Crippen MR) is 105 cm³/mol. The second-order valence-corrected chi connectivity index (χ2v) is 6.55. The lowest BCUT2D eigenvalue weighted by atomic mass is 10.1. The van der Waals surface area contributed by atoms with Crippen LogP contribution in [0.2, 0.25) is 0 Å². The molecule has 0 saturated heterocycles. The maximum atomic E-state index is 13.6. The minimum Gasteiger partial charge on any atom is -0.493 e. The van der Waals surface area contributed by atoms with Gasteiger partial charge in [0.15, 0.2) is 11.5 Å². The number of carbonyl (C=O) groups is 1. The predicted octanol–water partition coefficient (Wildman–Crippen LogP) is 3.65. The topological polar surface area (TPSA) is 50.8 Å². The van der Waals surface area contributed by atoms with Crippen molar-refractivity contribution in [3.05, 3.63) is 53.3 Å². The van der Waals surface area contributed by atoms with Gasteiger partial charge in [-0.25, -0.2) is 4.39 Å². The molecule has 2 aromatic rings. The summed E-state index contributed by atoms with van der Waals surface area (Å²) in [4.78, 5) is 14.4. The maximum Gasteiger partial charge on any atom is 0.241 e. The van der Waals surface area contributed by atoms with Gasteiger partial charge in [-0.1, -0.05) is 12.1 Å². The number of rotatable bonds is 8. The van der Waals surface area contributed by atoms with Crippen LogP contribution in [0.3, 0.4) is 0 Å². The number of ether oxygens (including phenoxy) is 2. The Bertz CT molecular complexity index is 795. The van der Waals surface area contributed by atoms with Crippen LogP contribution >= 0.6 is 0 Å². The van der Waals surface area contributed by atoms with E-state index in [-0.39, 0.29) is 17.8 Å². The summed E-state index contributed by atoms with van der Waals surface area (Å²) >= 11 is 0. The second kappa shape index (κ2) is 9.37. The Labute approximate surface area is 160 Å². The lowest BCUT2D eigenvalue weighted by Crippen LogP contribution is -2.40. The Morgan fingerprint density at radius 3 is 2.48 bits per heavy atom. The number of aryl methyl sites for hydroxylation is 1. The molecule has 1 amide bonds. The van der Waals surface area contributed by atoms with Crippen molar-refractivity contribution >= 4 is 11.6 Å². The molecule has 0 saturated carbocycles. The van der Waals surface area contributed by atoms with E-state index in [4.69, 9.17) is 9.47 Å². The number of anilines is 1. The Kier molecular flexibility index (Phi) is 7.19. The average molecular weight is 374 g/mol. The highest BCUT2D eigenvalue weighted by Crippen LogP contribution is 2.27. The zero-order valence-electron chi connectivity index (χ0n) is 16.5. The fourth-order valence-electron chi connectivity index (χ4n) is 2.65. The summed E-state index contributed by atoms with van der Waals surface area (Å²) in [6, 6.07) is 10.1. The third kappa shape index (κ3) is 5.44. The first-order valence-corrected chi connectivity index (χ1v) is 8.84. The molecule has 0 heterocycles. The molecule has 0 aliphatic heterocycles. The normalized spacial score (nSPS) is 12.0. The summed E-state index contributed by atoms with van der Waals surface area (Å²) in [6.45, 7) is 4.20. The SMILES string of the molecule is COc1ccc(CCN(C)[C@@H](C)C(=O)Nc2ccc(C)c(F)c2)cc1OC. The van der Waals surface area contributed by atoms with Gasteiger partial charge in [-0.05, 0) is 62.7 Å². The molecule has 0 radical (unpaired) electrons. The van der Waals surface area contributed by atoms with Crippen LogP contribution in [0.15, 0.2) is 36.4 Å². The van der Waals surface area contributed by atoms with E-state index in [1.54, 1.807) is 33.3 Å². The van der Waals surface area contributed by atoms with Crippen molar-refractivity contribution in [1.29, 1.82) is 0 Å². The molecule has 146 valence electrons. The van der Waals surface area contributed by atoms with Gasteiger partial charge < -0.3 is 14.8 Å². The lowest BCUT2D eigenvalue weighted by molar-refractivity contribution is -0.120. The summed E-state index contributed by atoms with van der Waals surface area (Å²) < 4.78 is 24.2. The van der Waals surface area contributed by atoms with Crippen LogP contribution in [0, 0.1) is 12.7 Å². The minimum absolute atomic E-state index is 0.173. The highest BCUT2D eigenvalue weighted by atomic mass is 19.1. The van der Waals surface area contributed by atoms with Crippen molar-refractivity contribution in [1.82, 2.24) is 4.90 Å². The van der Waals surface area contributed by atoms with E-state index < -0.39 is 0 Å². The second-order valence-electron chi connectivity index (χ2n) is 6.55. The van der Waals surface area contributed by atoms with Gasteiger partial charge >= 0.3 is 0 Å². The van der Waals surface area contributed by atoms with Crippen LogP contribution in [0.4, 0.5) is 10.1 Å². The number of carbonyl (C=O) groups excluding carboxylic acids is 1. The molecule has 2 rings (SSSR count). The fourth-order valence-corrected chi connectivity index (χ4v) is 2.65. The molecule has 0 bridgehead atoms. The van der Waals surface area contributed by atoms with E-state index in [2.05, 4.69) is 5.32 Å². The molecule has 6 heteroatoms. The smallest absolute Gasteiger partial charge is 0.241 e. The monoisotopic (exact) mass is 374 g/mol. The summed E-state index contributed by atoms with van der Waals surface area (Å²) in [5, 5.41) is 2.77. The van der Waals surface area contributed by atoms with Gasteiger partial charge in [0.2, 0.25) is 5.91 Å². The largest absolute Gasteiger partial charge is 0.493 e. The quantitative estimate of drug-likeness (QED) is 0.766. The number of hydrogen-bond donors (Lipinski definition) is 1. The Morgan fingerprint density at radius 2 is 1.85 bits per heavy atom. The van der Waals surface area contributed by atoms with Gasteiger partial charge in [-0.2, -0.15) is 0 Å². The zero-order valence-corrected chi connectivity index (χ0v) is 16.5. The molecule has 0 aliphatic rings. The van der Waals surface area contributed by atoms with E-state index in [1.807, 2.05) is 37.1 Å². The number of amides is 1. The van der Waals surface area contributed by atoms with Gasteiger partial charge in [-0.15, -0.1) is 0 Å². The van der Waals surface area contributed by atoms with E-state index in [1.165, 1.54) is 6.07 Å². The molecule has 0 unspecified atom stereocenters. The molecule has 1 N–H and O–H groups in total. The molecule has 0 aromatic heterocycles. The third-order valence-electron chi connectivity index (χ3n) is 4.68. The van der Waals surface area contributed by atoms with Gasteiger partial charge in [-0.3, -0.25) is 9.69 Å². The summed E-state index contributed by atoms with van der Waals surface area (Å²) in [5.74, 6) is 0.868. The number of methoxy groups -OCH3 is 2. The van der Waals surface area contributed by atoms with E-state index in [0.29, 0.717) is 29.3 Å². The molecule has 0 spiro atoms. The minimum atomic E-state index is -0.352. The van der Waals surface area contributed by atoms with Crippen LogP contribution in [-0.2, 0) is 11.2 Å². The number of benzene rings is 2. The summed E-state index contributed by atoms with van der Waals surface area (Å²) in [6.07, 6.45) is 0.758. The first-order valence-electron chi connectivity index (χ1n) is 8.84. The van der Waals surface area contributed by atoms with Crippen molar-refractivity contribution < 1.29 is 18.7 Å². The molecule has 0 aliphatic carbocycles. The van der Waals surface area contributed by atoms with Crippen molar-refractivity contribution in [3.8, 4) is 11.5 Å². The molecular formula is C21H27FN2O3. The highest BCUT2D eigenvalue weighted by Gasteiger charge is 2.18. The Balaban J connectivity index is 1.93. The number of nitrogens with one attached hydrogen (secondary N) is 1. The zero-order chi connectivity index (χ0) is 20.0. The Hall–Kier alpha value is -2.60. The van der Waals surface area contributed by atoms with E-state index in [9.17, 15) is 9.18 Å². The van der Waals surface area contributed by atoms with Gasteiger partial charge in [0.05, 0.1) is 20.3 Å². The van der Waals surface area contributed by atoms with E-state index in [0.717, 1.165) is 12.0 Å². The summed E-state index contributed by atoms with van der Waals surface area (Å²) in [5.41, 5.74) is 2.10. The van der Waals surface area contributed by atoms with E-state index >= 15 is 0 Å². The number of nitrogens with zero attached hydrogens (tertiary/aromatic N) is 1. The first-order chi connectivity index (χ1) is 12.8. The molecular weight excluding hydrogens is 347 g/mol. The van der Waals surface area contributed by atoms with Crippen molar-refractivity contribution in [3.63, 3.8) is 0 Å². The standard InChI is InChI=1S/C21H27FN2O3/c1-14-6-8-17(13-18(14)22)23-21(25)15(2)24(3)11-10-16-7-9-19(26-4)20(12-16)27-5/h6-9,12-13,15H,10-11H2,1-5H3,(H,23,25)/t15-/m0/s1. The first kappa shape index (κ1) is 20.7. The van der Waals surface area contributed by atoms with Crippen LogP contribution in [-0.4, -0.2) is 44.7 Å². The van der Waals surface area contributed by atoms with Gasteiger partial charge in [0, 0.05) is 12.2 Å². The summed E-state index contributed by atoms with van der Waals surface area (Å²) in [7, 11) is 5.10. The van der Waals surface area contributed by atoms with Crippen LogP contribution in [0.25, 0.3) is 0 Å². The van der Waals surface area contributed by atoms with Crippen molar-refractivity contribution in [2.24, 2.45) is 0 Å². The number of likely N-dealkylation sites (N-methyl/N-ethyl adjacent to an activating group) is 1. The van der Waals surface area contributed by atoms with Gasteiger partial charge in [0.25, 0.3) is 0 Å². The molecule has 0 fully saturated rings. The van der Waals surface area contributed by atoms with Crippen LogP contribution in [0.5, 0.6) is 11.5 Å². The highest BCUT2D eigenvalue weighted by molar-refractivity contribution is 5.94. The number of halogens is 1. The number of hydrogen-bond acceptors (Lipinski definition) is 4. The Morgan fingerprint density at radius 1 is 1.15 bits per heavy atom. The lowest BCUT2D eigenvalue weighted by Gasteiger charge is -2.24. The van der Waals surface area contributed by atoms with Crippen LogP contribution in [0.1, 0.15) is 18.1 Å². The third-order valence-corrected chi connectivity index (χ3v) is 4.68. The maximum absolute atomic E-state index is 13.6. The van der Waals surface area contributed by atoms with Crippen molar-refractivity contribution in [2.45, 2.75) is 26.3 Å².